The van der Waals surface area contributed by atoms with Crippen LogP contribution in [0.25, 0.3) is 6.08 Å². The molecule has 3 nitrogen and oxygen atoms in total. The van der Waals surface area contributed by atoms with Crippen molar-refractivity contribution in [2.75, 3.05) is 12.4 Å². The van der Waals surface area contributed by atoms with Crippen molar-refractivity contribution >= 4 is 40.9 Å². The number of carbonyl (C=O) groups is 1. The minimum Gasteiger partial charge on any atom is -0.495 e. The van der Waals surface area contributed by atoms with Crippen molar-refractivity contribution in [3.05, 3.63) is 64.1 Å². The van der Waals surface area contributed by atoms with Gasteiger partial charge in [0.25, 0.3) is 0 Å². The summed E-state index contributed by atoms with van der Waals surface area (Å²) in [4.78, 5) is 11.9. The highest BCUT2D eigenvalue weighted by atomic mass is 35.5. The molecule has 108 valence electrons. The zero-order valence-electron chi connectivity index (χ0n) is 11.3. The van der Waals surface area contributed by atoms with Gasteiger partial charge in [-0.3, -0.25) is 4.79 Å². The number of hydrogen-bond donors (Lipinski definition) is 1. The van der Waals surface area contributed by atoms with Crippen LogP contribution in [0.15, 0.2) is 48.5 Å². The van der Waals surface area contributed by atoms with Crippen molar-refractivity contribution in [2.45, 2.75) is 0 Å². The van der Waals surface area contributed by atoms with E-state index in [1.54, 1.807) is 43.5 Å². The van der Waals surface area contributed by atoms with E-state index in [0.717, 1.165) is 5.56 Å². The van der Waals surface area contributed by atoms with Crippen LogP contribution in [0, 0.1) is 0 Å². The van der Waals surface area contributed by atoms with Crippen molar-refractivity contribution in [3.8, 4) is 5.75 Å². The Morgan fingerprint density at radius 1 is 1.14 bits per heavy atom. The van der Waals surface area contributed by atoms with Crippen molar-refractivity contribution in [1.82, 2.24) is 0 Å². The van der Waals surface area contributed by atoms with E-state index in [0.29, 0.717) is 21.5 Å². The van der Waals surface area contributed by atoms with Gasteiger partial charge in [-0.05, 0) is 35.9 Å². The molecule has 0 aliphatic rings. The highest BCUT2D eigenvalue weighted by Crippen LogP contribution is 2.24. The summed E-state index contributed by atoms with van der Waals surface area (Å²) in [7, 11) is 1.55. The van der Waals surface area contributed by atoms with Crippen molar-refractivity contribution in [2.24, 2.45) is 0 Å². The van der Waals surface area contributed by atoms with Crippen molar-refractivity contribution in [3.63, 3.8) is 0 Å². The summed E-state index contributed by atoms with van der Waals surface area (Å²) in [5.74, 6) is 0.347. The first-order chi connectivity index (χ1) is 10.1. The molecule has 0 fully saturated rings. The van der Waals surface area contributed by atoms with Crippen molar-refractivity contribution in [1.29, 1.82) is 0 Å². The Bertz CT molecular complexity index is 684. The van der Waals surface area contributed by atoms with Crippen LogP contribution in [0.2, 0.25) is 10.0 Å². The van der Waals surface area contributed by atoms with E-state index in [9.17, 15) is 4.79 Å². The summed E-state index contributed by atoms with van der Waals surface area (Å²) in [6.45, 7) is 0. The smallest absolute Gasteiger partial charge is 0.248 e. The number of methoxy groups -OCH3 is 1. The first-order valence-corrected chi connectivity index (χ1v) is 6.93. The highest BCUT2D eigenvalue weighted by molar-refractivity contribution is 6.42. The third-order valence-corrected chi connectivity index (χ3v) is 3.47. The molecule has 5 heteroatoms. The lowest BCUT2D eigenvalue weighted by molar-refractivity contribution is -0.111. The van der Waals surface area contributed by atoms with Crippen molar-refractivity contribution < 1.29 is 9.53 Å². The van der Waals surface area contributed by atoms with Crippen LogP contribution in [0.1, 0.15) is 5.56 Å². The van der Waals surface area contributed by atoms with Gasteiger partial charge in [0.2, 0.25) is 5.91 Å². The molecule has 2 rings (SSSR count). The van der Waals surface area contributed by atoms with Crippen LogP contribution in [0.5, 0.6) is 5.75 Å². The molecule has 0 aliphatic heterocycles. The molecule has 0 unspecified atom stereocenters. The normalized spacial score (nSPS) is 10.6. The Kier molecular flexibility index (Phi) is 5.26. The number of rotatable bonds is 4. The first-order valence-electron chi connectivity index (χ1n) is 6.17. The predicted molar refractivity (Wildman–Crippen MR) is 87.1 cm³/mol. The standard InChI is InChI=1S/C16H13Cl2NO2/c1-21-15-5-3-2-4-14(15)19-16(20)9-7-11-6-8-12(17)13(18)10-11/h2-10H,1H3,(H,19,20). The Balaban J connectivity index is 2.07. The van der Waals surface area contributed by atoms with Crippen LogP contribution >= 0.6 is 23.2 Å². The molecule has 0 heterocycles. The summed E-state index contributed by atoms with van der Waals surface area (Å²) in [5, 5.41) is 3.67. The average molecular weight is 322 g/mol. The van der Waals surface area contributed by atoms with Crippen LogP contribution in [0.3, 0.4) is 0 Å². The molecule has 21 heavy (non-hydrogen) atoms. The third kappa shape index (κ3) is 4.25. The molecule has 0 saturated heterocycles. The summed E-state index contributed by atoms with van der Waals surface area (Å²) >= 11 is 11.8. The lowest BCUT2D eigenvalue weighted by Crippen LogP contribution is -2.08. The van der Waals surface area contributed by atoms with Gasteiger partial charge in [0.15, 0.2) is 0 Å². The molecule has 0 saturated carbocycles. The van der Waals surface area contributed by atoms with Crippen LogP contribution in [-0.4, -0.2) is 13.0 Å². The number of benzene rings is 2. The maximum atomic E-state index is 11.9. The molecule has 1 N–H and O–H groups in total. The summed E-state index contributed by atoms with van der Waals surface area (Å²) in [6.07, 6.45) is 3.08. The van der Waals surface area contributed by atoms with E-state index >= 15 is 0 Å². The van der Waals surface area contributed by atoms with Gasteiger partial charge < -0.3 is 10.1 Å². The van der Waals surface area contributed by atoms with Gasteiger partial charge in [-0.1, -0.05) is 41.4 Å². The van der Waals surface area contributed by atoms with Gasteiger partial charge in [0, 0.05) is 6.08 Å². The molecular weight excluding hydrogens is 309 g/mol. The number of ether oxygens (including phenoxy) is 1. The summed E-state index contributed by atoms with van der Waals surface area (Å²) in [5.41, 5.74) is 1.41. The Labute approximate surface area is 133 Å². The topological polar surface area (TPSA) is 38.3 Å². The lowest BCUT2D eigenvalue weighted by atomic mass is 10.2. The average Bonchev–Trinajstić information content (AvgIpc) is 2.49. The number of amides is 1. The van der Waals surface area contributed by atoms with Crippen LogP contribution < -0.4 is 10.1 Å². The van der Waals surface area contributed by atoms with Crippen LogP contribution in [0.4, 0.5) is 5.69 Å². The lowest BCUT2D eigenvalue weighted by Gasteiger charge is -2.07. The number of hydrogen-bond acceptors (Lipinski definition) is 2. The van der Waals surface area contributed by atoms with E-state index in [4.69, 9.17) is 27.9 Å². The maximum Gasteiger partial charge on any atom is 0.248 e. The van der Waals surface area contributed by atoms with E-state index < -0.39 is 0 Å². The van der Waals surface area contributed by atoms with Gasteiger partial charge in [-0.2, -0.15) is 0 Å². The predicted octanol–water partition coefficient (Wildman–Crippen LogP) is 4.65. The highest BCUT2D eigenvalue weighted by Gasteiger charge is 2.04. The van der Waals surface area contributed by atoms with E-state index in [1.807, 2.05) is 12.1 Å². The fourth-order valence-electron chi connectivity index (χ4n) is 1.71. The second-order valence-corrected chi connectivity index (χ2v) is 5.01. The molecule has 2 aromatic rings. The van der Waals surface area contributed by atoms with Gasteiger partial charge in [0.1, 0.15) is 5.75 Å². The third-order valence-electron chi connectivity index (χ3n) is 2.74. The maximum absolute atomic E-state index is 11.9. The number of halogens is 2. The SMILES string of the molecule is COc1ccccc1NC(=O)C=Cc1ccc(Cl)c(Cl)c1. The van der Waals surface area contributed by atoms with E-state index in [-0.39, 0.29) is 5.91 Å². The molecule has 0 aromatic heterocycles. The molecule has 2 aromatic carbocycles. The number of nitrogens with one attached hydrogen (secondary N) is 1. The zero-order chi connectivity index (χ0) is 15.2. The zero-order valence-corrected chi connectivity index (χ0v) is 12.8. The molecular formula is C16H13Cl2NO2. The first kappa shape index (κ1) is 15.4. The van der Waals surface area contributed by atoms with Gasteiger partial charge >= 0.3 is 0 Å². The molecule has 0 spiro atoms. The van der Waals surface area contributed by atoms with Crippen LogP contribution in [-0.2, 0) is 4.79 Å². The fourth-order valence-corrected chi connectivity index (χ4v) is 2.02. The molecule has 0 atom stereocenters. The molecule has 1 amide bonds. The van der Waals surface area contributed by atoms with Gasteiger partial charge in [-0.25, -0.2) is 0 Å². The number of para-hydroxylation sites is 2. The Morgan fingerprint density at radius 3 is 2.62 bits per heavy atom. The van der Waals surface area contributed by atoms with Gasteiger partial charge in [0.05, 0.1) is 22.8 Å². The summed E-state index contributed by atoms with van der Waals surface area (Å²) < 4.78 is 5.17. The monoisotopic (exact) mass is 321 g/mol. The Morgan fingerprint density at radius 2 is 1.90 bits per heavy atom. The quantitative estimate of drug-likeness (QED) is 0.832. The second kappa shape index (κ2) is 7.16. The van der Waals surface area contributed by atoms with E-state index in [2.05, 4.69) is 5.32 Å². The minimum absolute atomic E-state index is 0.259. The molecule has 0 radical (unpaired) electrons. The molecule has 0 aliphatic carbocycles. The summed E-state index contributed by atoms with van der Waals surface area (Å²) in [6, 6.07) is 12.3. The second-order valence-electron chi connectivity index (χ2n) is 4.20. The number of carbonyl (C=O) groups excluding carboxylic acids is 1. The molecule has 0 bridgehead atoms. The van der Waals surface area contributed by atoms with E-state index in [1.165, 1.54) is 6.08 Å². The minimum atomic E-state index is -0.259. The number of anilines is 1. The largest absolute Gasteiger partial charge is 0.495 e. The Hall–Kier alpha value is -1.97. The van der Waals surface area contributed by atoms with Gasteiger partial charge in [-0.15, -0.1) is 0 Å². The fraction of sp³-hybridized carbons (Fsp3) is 0.0625.